The summed E-state index contributed by atoms with van der Waals surface area (Å²) in [6, 6.07) is 8.63. The Hall–Kier alpha value is -2.65. The van der Waals surface area contributed by atoms with Gasteiger partial charge in [0.25, 0.3) is 0 Å². The van der Waals surface area contributed by atoms with Gasteiger partial charge in [-0.2, -0.15) is 4.98 Å². The second kappa shape index (κ2) is 11.9. The van der Waals surface area contributed by atoms with E-state index < -0.39 is 6.04 Å². The number of piperidine rings is 1. The number of anilines is 1. The third kappa shape index (κ3) is 6.73. The summed E-state index contributed by atoms with van der Waals surface area (Å²) >= 11 is 0. The van der Waals surface area contributed by atoms with Gasteiger partial charge in [0.1, 0.15) is 12.4 Å². The maximum atomic E-state index is 12.4. The summed E-state index contributed by atoms with van der Waals surface area (Å²) in [5.74, 6) is 1.94. The van der Waals surface area contributed by atoms with Gasteiger partial charge >= 0.3 is 6.01 Å². The molecule has 2 saturated heterocycles. The predicted octanol–water partition coefficient (Wildman–Crippen LogP) is 2.66. The number of amides is 1. The van der Waals surface area contributed by atoms with E-state index in [2.05, 4.69) is 40.8 Å². The highest BCUT2D eigenvalue weighted by molar-refractivity contribution is 5.82. The van der Waals surface area contributed by atoms with Crippen molar-refractivity contribution in [3.63, 3.8) is 0 Å². The Balaban J connectivity index is 1.15. The van der Waals surface area contributed by atoms with Crippen molar-refractivity contribution in [3.8, 4) is 5.75 Å². The van der Waals surface area contributed by atoms with Crippen molar-refractivity contribution in [2.75, 3.05) is 51.3 Å². The van der Waals surface area contributed by atoms with Gasteiger partial charge in [-0.25, -0.2) is 0 Å². The first-order valence-electron chi connectivity index (χ1n) is 13.0. The van der Waals surface area contributed by atoms with Gasteiger partial charge in [-0.05, 0) is 56.8 Å². The van der Waals surface area contributed by atoms with Crippen molar-refractivity contribution in [3.05, 3.63) is 35.7 Å². The number of likely N-dealkylation sites (tertiary alicyclic amines) is 1. The number of rotatable bonds is 10. The highest BCUT2D eigenvalue weighted by atomic mass is 16.5. The molecule has 0 aliphatic carbocycles. The number of carbonyl (C=O) groups is 1. The minimum atomic E-state index is -0.475. The lowest BCUT2D eigenvalue weighted by Crippen LogP contribution is -2.44. The summed E-state index contributed by atoms with van der Waals surface area (Å²) in [6.45, 7) is 9.14. The van der Waals surface area contributed by atoms with Crippen LogP contribution < -0.4 is 15.4 Å². The van der Waals surface area contributed by atoms with E-state index in [-0.39, 0.29) is 11.8 Å². The second-order valence-corrected chi connectivity index (χ2v) is 10.1. The van der Waals surface area contributed by atoms with Crippen LogP contribution >= 0.6 is 0 Å². The summed E-state index contributed by atoms with van der Waals surface area (Å²) in [6.07, 6.45) is 4.83. The van der Waals surface area contributed by atoms with Crippen molar-refractivity contribution < 1.29 is 14.1 Å². The number of ether oxygens (including phenoxy) is 1. The normalized spacial score (nSPS) is 18.0. The van der Waals surface area contributed by atoms with Crippen LogP contribution in [0.4, 0.5) is 6.01 Å². The van der Waals surface area contributed by atoms with E-state index in [9.17, 15) is 4.79 Å². The first-order chi connectivity index (χ1) is 16.9. The van der Waals surface area contributed by atoms with Crippen molar-refractivity contribution in [1.82, 2.24) is 19.9 Å². The Bertz CT molecular complexity index is 933. The topological polar surface area (TPSA) is 101 Å². The monoisotopic (exact) mass is 484 g/mol. The van der Waals surface area contributed by atoms with Crippen LogP contribution in [0.1, 0.15) is 56.8 Å². The molecule has 1 aromatic heterocycles. The van der Waals surface area contributed by atoms with E-state index in [1.54, 1.807) is 0 Å². The summed E-state index contributed by atoms with van der Waals surface area (Å²) in [7, 11) is 2.16. The molecule has 9 nitrogen and oxygen atoms in total. The highest BCUT2D eigenvalue weighted by Crippen LogP contribution is 2.22. The van der Waals surface area contributed by atoms with Crippen molar-refractivity contribution >= 4 is 11.9 Å². The SMILES string of the molecule is CC(C)c1noc(N2CCC(N(C)CCOc3ccc(C[C@H](N)C(=O)N4CCCC4)cc3)CC2)n1. The fraction of sp³-hybridized carbons (Fsp3) is 0.654. The van der Waals surface area contributed by atoms with Crippen molar-refractivity contribution in [2.45, 2.75) is 64.0 Å². The molecule has 35 heavy (non-hydrogen) atoms. The van der Waals surface area contributed by atoms with Crippen LogP contribution in [-0.4, -0.2) is 84.3 Å². The molecule has 0 radical (unpaired) electrons. The number of hydrogen-bond acceptors (Lipinski definition) is 8. The zero-order valence-corrected chi connectivity index (χ0v) is 21.4. The summed E-state index contributed by atoms with van der Waals surface area (Å²) in [5.41, 5.74) is 7.22. The molecule has 0 bridgehead atoms. The first kappa shape index (κ1) is 25.4. The Kier molecular flexibility index (Phi) is 8.62. The third-order valence-electron chi connectivity index (χ3n) is 7.13. The van der Waals surface area contributed by atoms with Gasteiger partial charge in [0, 0.05) is 44.7 Å². The van der Waals surface area contributed by atoms with Gasteiger partial charge in [-0.15, -0.1) is 0 Å². The molecule has 9 heteroatoms. The molecule has 3 heterocycles. The highest BCUT2D eigenvalue weighted by Gasteiger charge is 2.26. The number of hydrogen-bond donors (Lipinski definition) is 1. The minimum absolute atomic E-state index is 0.0640. The quantitative estimate of drug-likeness (QED) is 0.549. The molecule has 1 amide bonds. The molecular formula is C26H40N6O3. The maximum absolute atomic E-state index is 12.4. The van der Waals surface area contributed by atoms with E-state index >= 15 is 0 Å². The number of aromatic nitrogens is 2. The second-order valence-electron chi connectivity index (χ2n) is 10.1. The first-order valence-corrected chi connectivity index (χ1v) is 13.0. The zero-order valence-electron chi connectivity index (χ0n) is 21.4. The standard InChI is InChI=1S/C26H40N6O3/c1-19(2)24-28-26(35-29-24)32-14-10-21(11-15-32)30(3)16-17-34-22-8-6-20(7-9-22)18-23(27)25(33)31-12-4-5-13-31/h6-9,19,21,23H,4-5,10-18,27H2,1-3H3/t23-/m0/s1. The fourth-order valence-electron chi connectivity index (χ4n) is 4.81. The molecule has 2 aliphatic rings. The van der Waals surface area contributed by atoms with E-state index in [0.717, 1.165) is 75.5 Å². The van der Waals surface area contributed by atoms with Crippen LogP contribution in [0.5, 0.6) is 5.75 Å². The van der Waals surface area contributed by atoms with Gasteiger partial charge in [0.15, 0.2) is 5.82 Å². The largest absolute Gasteiger partial charge is 0.492 e. The van der Waals surface area contributed by atoms with Crippen molar-refractivity contribution in [2.24, 2.45) is 5.73 Å². The van der Waals surface area contributed by atoms with Gasteiger partial charge in [-0.3, -0.25) is 9.69 Å². The van der Waals surface area contributed by atoms with Gasteiger partial charge in [0.2, 0.25) is 5.91 Å². The van der Waals surface area contributed by atoms with Crippen LogP contribution in [-0.2, 0) is 11.2 Å². The number of carbonyl (C=O) groups excluding carboxylic acids is 1. The van der Waals surface area contributed by atoms with Crippen LogP contribution in [0, 0.1) is 0 Å². The molecule has 0 spiro atoms. The van der Waals surface area contributed by atoms with E-state index in [1.807, 2.05) is 29.2 Å². The van der Waals surface area contributed by atoms with E-state index in [0.29, 0.717) is 25.1 Å². The molecule has 1 aromatic carbocycles. The number of likely N-dealkylation sites (N-methyl/N-ethyl adjacent to an activating group) is 1. The van der Waals surface area contributed by atoms with Gasteiger partial charge in [-0.1, -0.05) is 31.1 Å². The Morgan fingerprint density at radius 1 is 1.17 bits per heavy atom. The number of benzene rings is 1. The maximum Gasteiger partial charge on any atom is 0.324 e. The van der Waals surface area contributed by atoms with Crippen LogP contribution in [0.3, 0.4) is 0 Å². The molecule has 192 valence electrons. The molecule has 2 aliphatic heterocycles. The average molecular weight is 485 g/mol. The predicted molar refractivity (Wildman–Crippen MR) is 136 cm³/mol. The molecule has 4 rings (SSSR count). The lowest BCUT2D eigenvalue weighted by Gasteiger charge is -2.35. The Labute approximate surface area is 208 Å². The Morgan fingerprint density at radius 3 is 2.49 bits per heavy atom. The van der Waals surface area contributed by atoms with Crippen molar-refractivity contribution in [1.29, 1.82) is 0 Å². The number of nitrogens with two attached hydrogens (primary N) is 1. The van der Waals surface area contributed by atoms with Crippen LogP contribution in [0.25, 0.3) is 0 Å². The molecule has 2 aromatic rings. The van der Waals surface area contributed by atoms with Gasteiger partial charge in [0.05, 0.1) is 6.04 Å². The average Bonchev–Trinajstić information content (AvgIpc) is 3.57. The number of nitrogens with zero attached hydrogens (tertiary/aromatic N) is 5. The van der Waals surface area contributed by atoms with Crippen LogP contribution in [0.2, 0.25) is 0 Å². The fourth-order valence-corrected chi connectivity index (χ4v) is 4.81. The smallest absolute Gasteiger partial charge is 0.324 e. The van der Waals surface area contributed by atoms with E-state index in [4.69, 9.17) is 15.0 Å². The summed E-state index contributed by atoms with van der Waals surface area (Å²) < 4.78 is 11.4. The summed E-state index contributed by atoms with van der Waals surface area (Å²) in [5, 5.41) is 4.08. The van der Waals surface area contributed by atoms with Gasteiger partial charge < -0.3 is 24.8 Å². The zero-order chi connectivity index (χ0) is 24.8. The molecular weight excluding hydrogens is 444 g/mol. The third-order valence-corrected chi connectivity index (χ3v) is 7.13. The Morgan fingerprint density at radius 2 is 1.86 bits per heavy atom. The lowest BCUT2D eigenvalue weighted by molar-refractivity contribution is -0.131. The van der Waals surface area contributed by atoms with E-state index in [1.165, 1.54) is 0 Å². The molecule has 0 unspecified atom stereocenters. The molecule has 1 atom stereocenters. The lowest BCUT2D eigenvalue weighted by atomic mass is 10.0. The van der Waals surface area contributed by atoms with Crippen LogP contribution in [0.15, 0.2) is 28.8 Å². The molecule has 0 saturated carbocycles. The molecule has 2 fully saturated rings. The molecule has 2 N–H and O–H groups in total. The summed E-state index contributed by atoms with van der Waals surface area (Å²) in [4.78, 5) is 23.4. The minimum Gasteiger partial charge on any atom is -0.492 e.